The summed E-state index contributed by atoms with van der Waals surface area (Å²) in [5.41, 5.74) is 7.38. The van der Waals surface area contributed by atoms with Gasteiger partial charge in [0, 0.05) is 43.0 Å². The van der Waals surface area contributed by atoms with Crippen molar-refractivity contribution in [1.29, 1.82) is 0 Å². The third-order valence-corrected chi connectivity index (χ3v) is 6.16. The van der Waals surface area contributed by atoms with Gasteiger partial charge in [0.05, 0.1) is 23.4 Å². The highest BCUT2D eigenvalue weighted by Gasteiger charge is 2.32. The highest BCUT2D eigenvalue weighted by atomic mass is 35.5. The topological polar surface area (TPSA) is 120 Å². The molecule has 3 heterocycles. The molecule has 1 aromatic carbocycles. The minimum absolute atomic E-state index is 0.00735. The van der Waals surface area contributed by atoms with E-state index in [1.807, 2.05) is 31.7 Å². The second-order valence-corrected chi connectivity index (χ2v) is 9.75. The van der Waals surface area contributed by atoms with Crippen LogP contribution in [0.25, 0.3) is 11.6 Å². The minimum atomic E-state index is -0.700. The fraction of sp³-hybridized carbons (Fsp3) is 0.391. The molecule has 0 saturated heterocycles. The molecule has 1 unspecified atom stereocenters. The predicted molar refractivity (Wildman–Crippen MR) is 133 cm³/mol. The summed E-state index contributed by atoms with van der Waals surface area (Å²) in [7, 11) is 1.56. The molecule has 0 spiro atoms. The molecule has 1 aromatic heterocycles. The van der Waals surface area contributed by atoms with Crippen molar-refractivity contribution in [3.8, 4) is 0 Å². The highest BCUT2D eigenvalue weighted by molar-refractivity contribution is 6.40. The van der Waals surface area contributed by atoms with Crippen molar-refractivity contribution in [2.24, 2.45) is 10.4 Å². The number of nitrogens with zero attached hydrogens (tertiary/aromatic N) is 5. The standard InChI is InChI=1S/C23H27ClFN7O2/c1-23(2,3)18(33)11-29-22(34)31(4)21-28-10-12-7-14(13-8-17(26)16(25)9-15(13)24)20-27-5-6-32(20)19(12)30-21/h7-10,18,33H,5-6,11,26H2,1-4H3,(H,29,34). The summed E-state index contributed by atoms with van der Waals surface area (Å²) in [6.07, 6.45) is 2.74. The van der Waals surface area contributed by atoms with Gasteiger partial charge in [-0.2, -0.15) is 4.98 Å². The van der Waals surface area contributed by atoms with Gasteiger partial charge in [-0.1, -0.05) is 32.4 Å². The Morgan fingerprint density at radius 3 is 2.85 bits per heavy atom. The monoisotopic (exact) mass is 487 g/mol. The molecule has 2 aliphatic heterocycles. The highest BCUT2D eigenvalue weighted by Crippen LogP contribution is 2.38. The van der Waals surface area contributed by atoms with E-state index >= 15 is 0 Å². The number of aliphatic hydroxyl groups excluding tert-OH is 1. The summed E-state index contributed by atoms with van der Waals surface area (Å²) in [6, 6.07) is 2.25. The largest absolute Gasteiger partial charge is 0.396 e. The van der Waals surface area contributed by atoms with Crippen molar-refractivity contribution in [2.45, 2.75) is 26.9 Å². The number of amides is 2. The lowest BCUT2D eigenvalue weighted by Gasteiger charge is -2.29. The van der Waals surface area contributed by atoms with E-state index in [0.29, 0.717) is 41.4 Å². The Bertz CT molecular complexity index is 1210. The van der Waals surface area contributed by atoms with Crippen LogP contribution in [0.15, 0.2) is 23.3 Å². The number of anilines is 3. The zero-order valence-electron chi connectivity index (χ0n) is 19.4. The molecule has 1 atom stereocenters. The molecule has 2 amide bonds. The Balaban J connectivity index is 1.63. The van der Waals surface area contributed by atoms with Crippen LogP contribution in [-0.2, 0) is 0 Å². The van der Waals surface area contributed by atoms with Crippen LogP contribution in [0.4, 0.5) is 26.6 Å². The third-order valence-electron chi connectivity index (χ3n) is 5.85. The molecule has 0 radical (unpaired) electrons. The summed E-state index contributed by atoms with van der Waals surface area (Å²) in [6.45, 7) is 6.91. The second-order valence-electron chi connectivity index (χ2n) is 9.34. The van der Waals surface area contributed by atoms with Crippen LogP contribution in [0, 0.1) is 11.2 Å². The number of fused-ring (bicyclic) bond motifs is 3. The van der Waals surface area contributed by atoms with Crippen LogP contribution >= 0.6 is 11.6 Å². The van der Waals surface area contributed by atoms with Crippen LogP contribution in [0.1, 0.15) is 31.9 Å². The van der Waals surface area contributed by atoms with Crippen LogP contribution < -0.4 is 20.9 Å². The Hall–Kier alpha value is -3.24. The van der Waals surface area contributed by atoms with Gasteiger partial charge in [0.2, 0.25) is 5.95 Å². The van der Waals surface area contributed by atoms with Gasteiger partial charge in [0.1, 0.15) is 17.5 Å². The zero-order chi connectivity index (χ0) is 24.8. The Kier molecular flexibility index (Phi) is 6.22. The molecule has 4 N–H and O–H groups in total. The summed E-state index contributed by atoms with van der Waals surface area (Å²) < 4.78 is 13.8. The van der Waals surface area contributed by atoms with E-state index in [9.17, 15) is 14.3 Å². The number of carbonyl (C=O) groups excluding carboxylic acids is 1. The maximum atomic E-state index is 13.8. The maximum absolute atomic E-state index is 13.8. The molecule has 11 heteroatoms. The van der Waals surface area contributed by atoms with Crippen molar-refractivity contribution in [1.82, 2.24) is 15.3 Å². The number of halogens is 2. The summed E-state index contributed by atoms with van der Waals surface area (Å²) in [4.78, 5) is 29.4. The van der Waals surface area contributed by atoms with Gasteiger partial charge in [-0.15, -0.1) is 0 Å². The molecule has 180 valence electrons. The average Bonchev–Trinajstić information content (AvgIpc) is 3.28. The third kappa shape index (κ3) is 4.43. The lowest BCUT2D eigenvalue weighted by Crippen LogP contribution is -2.45. The lowest BCUT2D eigenvalue weighted by atomic mass is 9.89. The van der Waals surface area contributed by atoms with Crippen LogP contribution in [0.2, 0.25) is 5.02 Å². The Labute approximate surface area is 202 Å². The molecule has 0 aliphatic carbocycles. The number of benzene rings is 1. The van der Waals surface area contributed by atoms with Gasteiger partial charge in [-0.05, 0) is 23.6 Å². The van der Waals surface area contributed by atoms with Crippen molar-refractivity contribution in [3.05, 3.63) is 40.3 Å². The van der Waals surface area contributed by atoms with E-state index in [-0.39, 0.29) is 28.6 Å². The van der Waals surface area contributed by atoms with Crippen LogP contribution in [0.3, 0.4) is 0 Å². The number of aliphatic hydroxyl groups is 1. The number of rotatable bonds is 4. The lowest BCUT2D eigenvalue weighted by molar-refractivity contribution is 0.0652. The van der Waals surface area contributed by atoms with Crippen LogP contribution in [0.5, 0.6) is 0 Å². The van der Waals surface area contributed by atoms with Gasteiger partial charge >= 0.3 is 6.03 Å². The van der Waals surface area contributed by atoms with Crippen LogP contribution in [-0.4, -0.2) is 59.7 Å². The minimum Gasteiger partial charge on any atom is -0.396 e. The Morgan fingerprint density at radius 1 is 1.41 bits per heavy atom. The fourth-order valence-electron chi connectivity index (χ4n) is 3.63. The summed E-state index contributed by atoms with van der Waals surface area (Å²) >= 11 is 6.32. The van der Waals surface area contributed by atoms with Gasteiger partial charge in [0.15, 0.2) is 0 Å². The maximum Gasteiger partial charge on any atom is 0.324 e. The van der Waals surface area contributed by atoms with E-state index in [4.69, 9.17) is 17.3 Å². The van der Waals surface area contributed by atoms with Gasteiger partial charge < -0.3 is 21.1 Å². The first-order valence-electron chi connectivity index (χ1n) is 10.8. The zero-order valence-corrected chi connectivity index (χ0v) is 20.2. The first-order chi connectivity index (χ1) is 16.0. The molecule has 4 rings (SSSR count). The normalized spacial score (nSPS) is 15.8. The number of hydrogen-bond acceptors (Lipinski definition) is 7. The number of urea groups is 1. The average molecular weight is 488 g/mol. The van der Waals surface area contributed by atoms with Gasteiger partial charge in [-0.25, -0.2) is 14.2 Å². The van der Waals surface area contributed by atoms with Crippen molar-refractivity contribution in [3.63, 3.8) is 0 Å². The molecule has 2 aromatic rings. The van der Waals surface area contributed by atoms with E-state index in [1.54, 1.807) is 13.2 Å². The van der Waals surface area contributed by atoms with Gasteiger partial charge in [0.25, 0.3) is 0 Å². The molecule has 0 saturated carbocycles. The van der Waals surface area contributed by atoms with Crippen molar-refractivity contribution < 1.29 is 14.3 Å². The summed E-state index contributed by atoms with van der Waals surface area (Å²) in [5, 5.41) is 13.1. The molecule has 2 aliphatic rings. The molecular weight excluding hydrogens is 461 g/mol. The number of nitrogens with one attached hydrogen (secondary N) is 1. The predicted octanol–water partition coefficient (Wildman–Crippen LogP) is 3.18. The molecule has 0 bridgehead atoms. The quantitative estimate of drug-likeness (QED) is 0.570. The number of aliphatic imine (C=N–C) groups is 1. The van der Waals surface area contributed by atoms with Crippen molar-refractivity contribution in [2.75, 3.05) is 42.2 Å². The number of aromatic nitrogens is 2. The first kappa shape index (κ1) is 23.9. The number of hydrogen-bond donors (Lipinski definition) is 3. The molecule has 9 nitrogen and oxygen atoms in total. The number of nitrogen functional groups attached to an aromatic ring is 1. The number of nitrogens with two attached hydrogens (primary N) is 1. The van der Waals surface area contributed by atoms with E-state index < -0.39 is 18.0 Å². The smallest absolute Gasteiger partial charge is 0.324 e. The first-order valence-corrected chi connectivity index (χ1v) is 11.2. The van der Waals surface area contributed by atoms with E-state index in [0.717, 1.165) is 0 Å². The molecule has 34 heavy (non-hydrogen) atoms. The number of carbonyl (C=O) groups is 1. The molecule has 0 fully saturated rings. The Morgan fingerprint density at radius 2 is 2.15 bits per heavy atom. The van der Waals surface area contributed by atoms with E-state index in [2.05, 4.69) is 20.3 Å². The SMILES string of the molecule is CN(C(=O)NCC(O)C(C)(C)C)c1ncc2c(n1)N1CCN=C1C(c1cc(N)c(F)cc1Cl)=C2. The fourth-order valence-corrected chi connectivity index (χ4v) is 3.88. The second kappa shape index (κ2) is 8.84. The summed E-state index contributed by atoms with van der Waals surface area (Å²) in [5.74, 6) is 0.866. The molecular formula is C23H27ClFN7O2. The number of amidine groups is 1. The van der Waals surface area contributed by atoms with Gasteiger partial charge in [-0.3, -0.25) is 9.89 Å². The van der Waals surface area contributed by atoms with Crippen molar-refractivity contribution >= 4 is 52.6 Å². The van der Waals surface area contributed by atoms with E-state index in [1.165, 1.54) is 17.0 Å².